The normalized spacial score (nSPS) is 16.8. The van der Waals surface area contributed by atoms with Crippen LogP contribution in [-0.2, 0) is 11.2 Å². The Morgan fingerprint density at radius 3 is 2.86 bits per heavy atom. The smallest absolute Gasteiger partial charge is 0.265 e. The Morgan fingerprint density at radius 2 is 2.14 bits per heavy atom. The number of nitrogens with one attached hydrogen (secondary N) is 1. The zero-order valence-electron chi connectivity index (χ0n) is 16.8. The second-order valence-electron chi connectivity index (χ2n) is 7.43. The highest BCUT2D eigenvalue weighted by molar-refractivity contribution is 7.13. The van der Waals surface area contributed by atoms with Crippen molar-refractivity contribution in [1.29, 1.82) is 0 Å². The van der Waals surface area contributed by atoms with Crippen LogP contribution in [0.5, 0.6) is 0 Å². The number of carbonyl (C=O) groups is 2. The van der Waals surface area contributed by atoms with Crippen molar-refractivity contribution >= 4 is 29.0 Å². The third-order valence-electron chi connectivity index (χ3n) is 5.02. The van der Waals surface area contributed by atoms with E-state index in [1.54, 1.807) is 17.2 Å². The summed E-state index contributed by atoms with van der Waals surface area (Å²) in [4.78, 5) is 37.0. The Labute approximate surface area is 170 Å². The van der Waals surface area contributed by atoms with Gasteiger partial charge in [-0.15, -0.1) is 11.3 Å². The molecule has 1 aliphatic rings. The van der Waals surface area contributed by atoms with Crippen LogP contribution in [0.3, 0.4) is 0 Å². The molecule has 2 aromatic rings. The van der Waals surface area contributed by atoms with E-state index >= 15 is 0 Å². The van der Waals surface area contributed by atoms with Gasteiger partial charge in [0, 0.05) is 19.3 Å². The molecule has 0 bridgehead atoms. The highest BCUT2D eigenvalue weighted by atomic mass is 32.1. The number of likely N-dealkylation sites (tertiary alicyclic amines) is 1. The van der Waals surface area contributed by atoms with Crippen molar-refractivity contribution in [2.24, 2.45) is 5.92 Å². The standard InChI is InChI=1S/C21H28N4O2S/c1-4-5-8-18-23-15(3)19(28-18)21(27)25-11-6-7-16(13-25)20(26)24-17-10-9-14(2)12-22-17/h9-10,12,16H,4-8,11,13H2,1-3H3,(H,22,24,26). The first-order valence-corrected chi connectivity index (χ1v) is 10.8. The lowest BCUT2D eigenvalue weighted by atomic mass is 9.97. The fourth-order valence-electron chi connectivity index (χ4n) is 3.37. The van der Waals surface area contributed by atoms with Gasteiger partial charge in [0.1, 0.15) is 10.7 Å². The van der Waals surface area contributed by atoms with E-state index in [9.17, 15) is 9.59 Å². The molecule has 1 fully saturated rings. The molecular weight excluding hydrogens is 372 g/mol. The molecule has 7 heteroatoms. The van der Waals surface area contributed by atoms with Crippen LogP contribution in [0.2, 0.25) is 0 Å². The van der Waals surface area contributed by atoms with Gasteiger partial charge in [-0.1, -0.05) is 19.4 Å². The molecule has 1 atom stereocenters. The van der Waals surface area contributed by atoms with Crippen LogP contribution >= 0.6 is 11.3 Å². The van der Waals surface area contributed by atoms with Crippen molar-refractivity contribution < 1.29 is 9.59 Å². The van der Waals surface area contributed by atoms with E-state index in [0.717, 1.165) is 48.4 Å². The second-order valence-corrected chi connectivity index (χ2v) is 8.51. The quantitative estimate of drug-likeness (QED) is 0.796. The van der Waals surface area contributed by atoms with Gasteiger partial charge in [-0.2, -0.15) is 0 Å². The molecule has 1 unspecified atom stereocenters. The number of hydrogen-bond acceptors (Lipinski definition) is 5. The van der Waals surface area contributed by atoms with Crippen LogP contribution in [0, 0.1) is 19.8 Å². The lowest BCUT2D eigenvalue weighted by Gasteiger charge is -2.31. The number of piperidine rings is 1. The van der Waals surface area contributed by atoms with E-state index in [1.165, 1.54) is 11.3 Å². The first-order valence-electron chi connectivity index (χ1n) is 9.97. The molecule has 2 amide bonds. The second kappa shape index (κ2) is 9.28. The van der Waals surface area contributed by atoms with Gasteiger partial charge >= 0.3 is 0 Å². The Morgan fingerprint density at radius 1 is 1.32 bits per heavy atom. The lowest BCUT2D eigenvalue weighted by molar-refractivity contribution is -0.121. The Balaban J connectivity index is 1.63. The van der Waals surface area contributed by atoms with Gasteiger partial charge in [0.05, 0.1) is 16.6 Å². The maximum absolute atomic E-state index is 13.0. The molecule has 28 heavy (non-hydrogen) atoms. The number of carbonyl (C=O) groups excluding carboxylic acids is 2. The van der Waals surface area contributed by atoms with E-state index in [2.05, 4.69) is 22.2 Å². The predicted molar refractivity (Wildman–Crippen MR) is 112 cm³/mol. The van der Waals surface area contributed by atoms with Crippen LogP contribution in [-0.4, -0.2) is 39.8 Å². The number of hydrogen-bond donors (Lipinski definition) is 1. The van der Waals surface area contributed by atoms with Crippen molar-refractivity contribution in [3.8, 4) is 0 Å². The molecule has 1 N–H and O–H groups in total. The number of nitrogens with zero attached hydrogens (tertiary/aromatic N) is 3. The molecule has 0 radical (unpaired) electrons. The van der Waals surface area contributed by atoms with Gasteiger partial charge in [-0.05, 0) is 51.2 Å². The number of thiazole rings is 1. The number of amides is 2. The fraction of sp³-hybridized carbons (Fsp3) is 0.524. The van der Waals surface area contributed by atoms with Crippen LogP contribution in [0.4, 0.5) is 5.82 Å². The Kier molecular flexibility index (Phi) is 6.78. The molecule has 1 aliphatic heterocycles. The lowest BCUT2D eigenvalue weighted by Crippen LogP contribution is -2.43. The van der Waals surface area contributed by atoms with Gasteiger partial charge in [0.2, 0.25) is 5.91 Å². The molecule has 150 valence electrons. The number of aryl methyl sites for hydroxylation is 3. The maximum atomic E-state index is 13.0. The summed E-state index contributed by atoms with van der Waals surface area (Å²) >= 11 is 1.50. The highest BCUT2D eigenvalue weighted by Crippen LogP contribution is 2.25. The summed E-state index contributed by atoms with van der Waals surface area (Å²) in [6, 6.07) is 3.72. The van der Waals surface area contributed by atoms with Crippen molar-refractivity contribution in [3.05, 3.63) is 39.5 Å². The van der Waals surface area contributed by atoms with Crippen LogP contribution in [0.1, 0.15) is 58.5 Å². The molecule has 6 nitrogen and oxygen atoms in total. The first kappa shape index (κ1) is 20.5. The van der Waals surface area contributed by atoms with E-state index in [0.29, 0.717) is 23.8 Å². The van der Waals surface area contributed by atoms with Gasteiger partial charge in [0.15, 0.2) is 0 Å². The molecule has 0 spiro atoms. The number of aromatic nitrogens is 2. The SMILES string of the molecule is CCCCc1nc(C)c(C(=O)N2CCCC(C(=O)Nc3ccc(C)cn3)C2)s1. The first-order chi connectivity index (χ1) is 13.5. The van der Waals surface area contributed by atoms with Gasteiger partial charge in [-0.25, -0.2) is 9.97 Å². The van der Waals surface area contributed by atoms with Crippen LogP contribution < -0.4 is 5.32 Å². The Hall–Kier alpha value is -2.28. The van der Waals surface area contributed by atoms with Gasteiger partial charge in [0.25, 0.3) is 5.91 Å². The monoisotopic (exact) mass is 400 g/mol. The minimum atomic E-state index is -0.214. The van der Waals surface area contributed by atoms with E-state index in [-0.39, 0.29) is 17.7 Å². The number of anilines is 1. The zero-order valence-corrected chi connectivity index (χ0v) is 17.6. The van der Waals surface area contributed by atoms with Crippen LogP contribution in [0.15, 0.2) is 18.3 Å². The minimum Gasteiger partial charge on any atom is -0.337 e. The topological polar surface area (TPSA) is 75.2 Å². The largest absolute Gasteiger partial charge is 0.337 e. The average molecular weight is 401 g/mol. The predicted octanol–water partition coefficient (Wildman–Crippen LogP) is 3.99. The minimum absolute atomic E-state index is 0.00343. The molecule has 2 aromatic heterocycles. The van der Waals surface area contributed by atoms with Crippen molar-refractivity contribution in [3.63, 3.8) is 0 Å². The maximum Gasteiger partial charge on any atom is 0.265 e. The third-order valence-corrected chi connectivity index (χ3v) is 6.23. The molecule has 1 saturated heterocycles. The molecular formula is C21H28N4O2S. The zero-order chi connectivity index (χ0) is 20.1. The number of pyridine rings is 1. The van der Waals surface area contributed by atoms with Gasteiger partial charge in [-0.3, -0.25) is 9.59 Å². The number of rotatable bonds is 6. The fourth-order valence-corrected chi connectivity index (χ4v) is 4.45. The molecule has 3 heterocycles. The molecule has 0 aliphatic carbocycles. The van der Waals surface area contributed by atoms with E-state index in [4.69, 9.17) is 0 Å². The van der Waals surface area contributed by atoms with Crippen LogP contribution in [0.25, 0.3) is 0 Å². The summed E-state index contributed by atoms with van der Waals surface area (Å²) in [5, 5.41) is 3.91. The molecule has 0 saturated carbocycles. The highest BCUT2D eigenvalue weighted by Gasteiger charge is 2.30. The molecule has 3 rings (SSSR count). The summed E-state index contributed by atoms with van der Waals surface area (Å²) in [6.07, 6.45) is 6.45. The van der Waals surface area contributed by atoms with Crippen molar-refractivity contribution in [2.75, 3.05) is 18.4 Å². The summed E-state index contributed by atoms with van der Waals surface area (Å²) in [5.74, 6) is 0.272. The number of unbranched alkanes of at least 4 members (excludes halogenated alkanes) is 1. The summed E-state index contributed by atoms with van der Waals surface area (Å²) in [5.41, 5.74) is 1.85. The Bertz CT molecular complexity index is 831. The van der Waals surface area contributed by atoms with Crippen molar-refractivity contribution in [1.82, 2.24) is 14.9 Å². The summed E-state index contributed by atoms with van der Waals surface area (Å²) < 4.78 is 0. The summed E-state index contributed by atoms with van der Waals surface area (Å²) in [7, 11) is 0. The van der Waals surface area contributed by atoms with E-state index in [1.807, 2.05) is 19.9 Å². The summed E-state index contributed by atoms with van der Waals surface area (Å²) in [6.45, 7) is 7.14. The van der Waals surface area contributed by atoms with Gasteiger partial charge < -0.3 is 10.2 Å². The molecule has 0 aromatic carbocycles. The van der Waals surface area contributed by atoms with E-state index < -0.39 is 0 Å². The van der Waals surface area contributed by atoms with Crippen molar-refractivity contribution in [2.45, 2.75) is 52.9 Å². The third kappa shape index (κ3) is 4.95. The average Bonchev–Trinajstić information content (AvgIpc) is 3.08.